The monoisotopic (exact) mass is 447 g/mol. The molecule has 4 N–H and O–H groups in total. The first-order chi connectivity index (χ1) is 15.9. The number of imide groups is 1. The van der Waals surface area contributed by atoms with Crippen molar-refractivity contribution in [3.8, 4) is 11.5 Å². The fourth-order valence-electron chi connectivity index (χ4n) is 4.45. The minimum Gasteiger partial charge on any atom is -0.463 e. The zero-order chi connectivity index (χ0) is 23.0. The van der Waals surface area contributed by atoms with Gasteiger partial charge in [-0.15, -0.1) is 0 Å². The first kappa shape index (κ1) is 20.7. The molecular weight excluding hydrogens is 426 g/mol. The Kier molecular flexibility index (Phi) is 5.04. The third kappa shape index (κ3) is 3.79. The van der Waals surface area contributed by atoms with Crippen molar-refractivity contribution in [2.45, 2.75) is 31.2 Å². The molecule has 0 atom stereocenters. The number of hydrogen-bond donors (Lipinski definition) is 4. The van der Waals surface area contributed by atoms with Crippen molar-refractivity contribution in [3.05, 3.63) is 54.3 Å². The Balaban J connectivity index is 1.27. The molecule has 2 fully saturated rings. The molecule has 168 valence electrons. The van der Waals surface area contributed by atoms with Crippen LogP contribution in [0.15, 0.2) is 53.1 Å². The van der Waals surface area contributed by atoms with Crippen LogP contribution in [0, 0.1) is 5.92 Å². The fraction of sp³-hybridized carbons (Fsp3) is 0.261. The summed E-state index contributed by atoms with van der Waals surface area (Å²) in [6.07, 6.45) is 3.07. The summed E-state index contributed by atoms with van der Waals surface area (Å²) in [5.41, 5.74) is 5.53. The maximum Gasteiger partial charge on any atom is 0.322 e. The van der Waals surface area contributed by atoms with Crippen molar-refractivity contribution in [1.82, 2.24) is 26.5 Å². The van der Waals surface area contributed by atoms with Crippen LogP contribution in [0.1, 0.15) is 36.0 Å². The standard InChI is InChI=1S/C23H21N5O5/c29-19(13-7-9-23(10-8-13)21(31)25-22(32)26-23)27-28-20(30)15-12-17(18-6-3-11-33-18)24-16-5-2-1-4-14(15)16/h1-6,11-13H,7-10H2,(H,27,29)(H,28,30)(H2,25,26,31,32). The molecule has 1 saturated carbocycles. The van der Waals surface area contributed by atoms with Gasteiger partial charge in [0.05, 0.1) is 17.3 Å². The van der Waals surface area contributed by atoms with E-state index in [2.05, 4.69) is 26.5 Å². The number of nitrogens with one attached hydrogen (secondary N) is 4. The molecule has 1 aromatic carbocycles. The van der Waals surface area contributed by atoms with Crippen molar-refractivity contribution in [3.63, 3.8) is 0 Å². The zero-order valence-electron chi connectivity index (χ0n) is 17.5. The van der Waals surface area contributed by atoms with Gasteiger partial charge in [-0.1, -0.05) is 18.2 Å². The average Bonchev–Trinajstić information content (AvgIpc) is 3.45. The normalized spacial score (nSPS) is 22.1. The number of nitrogens with zero attached hydrogens (tertiary/aromatic N) is 1. The first-order valence-electron chi connectivity index (χ1n) is 10.6. The van der Waals surface area contributed by atoms with Crippen LogP contribution in [0.2, 0.25) is 0 Å². The van der Waals surface area contributed by atoms with Gasteiger partial charge in [0.25, 0.3) is 11.8 Å². The summed E-state index contributed by atoms with van der Waals surface area (Å²) in [6.45, 7) is 0. The largest absolute Gasteiger partial charge is 0.463 e. The number of fused-ring (bicyclic) bond motifs is 1. The summed E-state index contributed by atoms with van der Waals surface area (Å²) >= 11 is 0. The molecule has 5 rings (SSSR count). The predicted molar refractivity (Wildman–Crippen MR) is 116 cm³/mol. The minimum absolute atomic E-state index is 0.340. The highest BCUT2D eigenvalue weighted by Crippen LogP contribution is 2.34. The third-order valence-corrected chi connectivity index (χ3v) is 6.26. The maximum absolute atomic E-state index is 13.0. The summed E-state index contributed by atoms with van der Waals surface area (Å²) in [4.78, 5) is 53.7. The summed E-state index contributed by atoms with van der Waals surface area (Å²) in [5, 5.41) is 5.56. The van der Waals surface area contributed by atoms with E-state index in [4.69, 9.17) is 4.42 Å². The van der Waals surface area contributed by atoms with Crippen LogP contribution in [0.25, 0.3) is 22.4 Å². The number of benzene rings is 1. The third-order valence-electron chi connectivity index (χ3n) is 6.26. The minimum atomic E-state index is -0.935. The van der Waals surface area contributed by atoms with Gasteiger partial charge in [-0.3, -0.25) is 30.6 Å². The van der Waals surface area contributed by atoms with Gasteiger partial charge in [-0.05, 0) is 49.9 Å². The number of amides is 5. The molecule has 2 aliphatic rings. The van der Waals surface area contributed by atoms with Crippen LogP contribution in [0.4, 0.5) is 4.79 Å². The molecule has 3 heterocycles. The van der Waals surface area contributed by atoms with Gasteiger partial charge in [0.1, 0.15) is 11.2 Å². The number of carbonyl (C=O) groups excluding carboxylic acids is 4. The number of urea groups is 1. The van der Waals surface area contributed by atoms with Crippen molar-refractivity contribution in [1.29, 1.82) is 0 Å². The molecule has 5 amide bonds. The van der Waals surface area contributed by atoms with Crippen LogP contribution < -0.4 is 21.5 Å². The van der Waals surface area contributed by atoms with Crippen LogP contribution in [-0.4, -0.2) is 34.3 Å². The average molecular weight is 447 g/mol. The Hall–Kier alpha value is -4.21. The van der Waals surface area contributed by atoms with Crippen molar-refractivity contribution < 1.29 is 23.6 Å². The molecule has 1 spiro atoms. The Morgan fingerprint density at radius 2 is 1.85 bits per heavy atom. The van der Waals surface area contributed by atoms with Gasteiger partial charge in [0.2, 0.25) is 5.91 Å². The molecule has 0 radical (unpaired) electrons. The zero-order valence-corrected chi connectivity index (χ0v) is 17.5. The second-order valence-corrected chi connectivity index (χ2v) is 8.26. The Bertz CT molecular complexity index is 1260. The summed E-state index contributed by atoms with van der Waals surface area (Å²) in [5.74, 6) is -1.03. The highest BCUT2D eigenvalue weighted by atomic mass is 16.3. The van der Waals surface area contributed by atoms with Crippen molar-refractivity contribution in [2.75, 3.05) is 0 Å². The number of para-hydroxylation sites is 1. The SMILES string of the molecule is O=C1NC(=O)C2(CCC(C(=O)NNC(=O)c3cc(-c4ccco4)nc4ccccc34)CC2)N1. The number of carbonyl (C=O) groups is 4. The van der Waals surface area contributed by atoms with Gasteiger partial charge < -0.3 is 9.73 Å². The van der Waals surface area contributed by atoms with E-state index in [0.717, 1.165) is 0 Å². The highest BCUT2D eigenvalue weighted by molar-refractivity contribution is 6.08. The molecule has 0 bridgehead atoms. The lowest BCUT2D eigenvalue weighted by molar-refractivity contribution is -0.130. The Morgan fingerprint density at radius 3 is 2.55 bits per heavy atom. The Morgan fingerprint density at radius 1 is 1.06 bits per heavy atom. The maximum atomic E-state index is 13.0. The second-order valence-electron chi connectivity index (χ2n) is 8.26. The van der Waals surface area contributed by atoms with Crippen molar-refractivity contribution in [2.24, 2.45) is 5.92 Å². The van der Waals surface area contributed by atoms with E-state index in [0.29, 0.717) is 53.6 Å². The van der Waals surface area contributed by atoms with Gasteiger partial charge in [0.15, 0.2) is 5.76 Å². The number of hydrogen-bond acceptors (Lipinski definition) is 6. The molecule has 10 heteroatoms. The van der Waals surface area contributed by atoms with Crippen LogP contribution in [0.3, 0.4) is 0 Å². The topological polar surface area (TPSA) is 142 Å². The fourth-order valence-corrected chi connectivity index (χ4v) is 4.45. The number of hydrazine groups is 1. The molecule has 2 aromatic heterocycles. The predicted octanol–water partition coefficient (Wildman–Crippen LogP) is 2.02. The molecule has 1 aliphatic carbocycles. The molecular formula is C23H21N5O5. The van der Waals surface area contributed by atoms with E-state index in [1.807, 2.05) is 12.1 Å². The van der Waals surface area contributed by atoms with E-state index in [-0.39, 0.29) is 17.7 Å². The van der Waals surface area contributed by atoms with Crippen LogP contribution >= 0.6 is 0 Å². The summed E-state index contributed by atoms with van der Waals surface area (Å²) < 4.78 is 5.42. The molecule has 0 unspecified atom stereocenters. The molecule has 3 aromatic rings. The van der Waals surface area contributed by atoms with Gasteiger partial charge in [0, 0.05) is 11.3 Å². The van der Waals surface area contributed by atoms with E-state index < -0.39 is 17.5 Å². The van der Waals surface area contributed by atoms with E-state index in [1.54, 1.807) is 30.3 Å². The number of furan rings is 1. The second kappa shape index (κ2) is 8.05. The lowest BCUT2D eigenvalue weighted by Gasteiger charge is -2.33. The number of rotatable bonds is 3. The first-order valence-corrected chi connectivity index (χ1v) is 10.6. The molecule has 1 saturated heterocycles. The summed E-state index contributed by atoms with van der Waals surface area (Å²) in [7, 11) is 0. The number of pyridine rings is 1. The van der Waals surface area contributed by atoms with Crippen LogP contribution in [-0.2, 0) is 9.59 Å². The molecule has 10 nitrogen and oxygen atoms in total. The van der Waals surface area contributed by atoms with Gasteiger partial charge in [-0.2, -0.15) is 0 Å². The van der Waals surface area contributed by atoms with Gasteiger partial charge in [-0.25, -0.2) is 9.78 Å². The molecule has 33 heavy (non-hydrogen) atoms. The van der Waals surface area contributed by atoms with Gasteiger partial charge >= 0.3 is 6.03 Å². The Labute approximate surface area is 188 Å². The number of aromatic nitrogens is 1. The quantitative estimate of drug-likeness (QED) is 0.357. The van der Waals surface area contributed by atoms with E-state index in [1.165, 1.54) is 6.26 Å². The van der Waals surface area contributed by atoms with E-state index in [9.17, 15) is 19.2 Å². The smallest absolute Gasteiger partial charge is 0.322 e. The highest BCUT2D eigenvalue weighted by Gasteiger charge is 2.48. The van der Waals surface area contributed by atoms with Crippen molar-refractivity contribution >= 4 is 34.7 Å². The summed E-state index contributed by atoms with van der Waals surface area (Å²) in [6, 6.07) is 11.8. The molecule has 1 aliphatic heterocycles. The van der Waals surface area contributed by atoms with E-state index >= 15 is 0 Å². The lowest BCUT2D eigenvalue weighted by Crippen LogP contribution is -2.52. The lowest BCUT2D eigenvalue weighted by atomic mass is 9.76. The van der Waals surface area contributed by atoms with Crippen LogP contribution in [0.5, 0.6) is 0 Å².